The van der Waals surface area contributed by atoms with Crippen LogP contribution in [0.15, 0.2) is 43.0 Å². The topological polar surface area (TPSA) is 78.0 Å². The highest BCUT2D eigenvalue weighted by atomic mass is 16.2. The van der Waals surface area contributed by atoms with Gasteiger partial charge in [0.1, 0.15) is 6.54 Å². The molecule has 0 aromatic heterocycles. The molecule has 0 saturated carbocycles. The van der Waals surface area contributed by atoms with Crippen LogP contribution in [0.1, 0.15) is 0 Å². The molecule has 1 heterocycles. The summed E-state index contributed by atoms with van der Waals surface area (Å²) in [5, 5.41) is 0. The Bertz CT molecular complexity index is 641. The van der Waals surface area contributed by atoms with Crippen molar-refractivity contribution in [3.8, 4) is 0 Å². The molecule has 1 aliphatic rings. The molecule has 1 saturated heterocycles. The highest BCUT2D eigenvalue weighted by Crippen LogP contribution is 2.15. The molecule has 7 heteroatoms. The molecule has 7 nitrogen and oxygen atoms in total. The first kappa shape index (κ1) is 15.4. The van der Waals surface area contributed by atoms with Crippen LogP contribution >= 0.6 is 0 Å². The summed E-state index contributed by atoms with van der Waals surface area (Å²) in [5.41, 5.74) is 0.626. The summed E-state index contributed by atoms with van der Waals surface area (Å²) >= 11 is 0. The van der Waals surface area contributed by atoms with Gasteiger partial charge >= 0.3 is 17.8 Å². The number of rotatable bonds is 5. The molecule has 1 fully saturated rings. The highest BCUT2D eigenvalue weighted by Gasteiger charge is 2.44. The third kappa shape index (κ3) is 2.73. The fourth-order valence-corrected chi connectivity index (χ4v) is 2.02. The number of amides is 5. The number of imide groups is 2. The van der Waals surface area contributed by atoms with Gasteiger partial charge in [0.05, 0.1) is 0 Å². The summed E-state index contributed by atoms with van der Waals surface area (Å²) in [6, 6.07) is 7.98. The van der Waals surface area contributed by atoms with Crippen molar-refractivity contribution in [3.05, 3.63) is 43.0 Å². The summed E-state index contributed by atoms with van der Waals surface area (Å²) in [6.45, 7) is 2.87. The maximum atomic E-state index is 12.2. The minimum atomic E-state index is -0.998. The van der Waals surface area contributed by atoms with Crippen molar-refractivity contribution in [2.24, 2.45) is 0 Å². The van der Waals surface area contributed by atoms with Gasteiger partial charge in [-0.25, -0.2) is 9.69 Å². The highest BCUT2D eigenvalue weighted by molar-refractivity contribution is 6.45. The largest absolute Gasteiger partial charge is 0.335 e. The van der Waals surface area contributed by atoms with E-state index in [4.69, 9.17) is 0 Å². The molecule has 2 rings (SSSR count). The Kier molecular flexibility index (Phi) is 4.36. The third-order valence-corrected chi connectivity index (χ3v) is 3.26. The lowest BCUT2D eigenvalue weighted by molar-refractivity contribution is -0.143. The number of carbonyl (C=O) groups excluding carboxylic acids is 4. The summed E-state index contributed by atoms with van der Waals surface area (Å²) in [5.74, 6) is -2.41. The van der Waals surface area contributed by atoms with Crippen LogP contribution < -0.4 is 4.90 Å². The minimum absolute atomic E-state index is 0.0668. The maximum absolute atomic E-state index is 12.2. The van der Waals surface area contributed by atoms with Crippen LogP contribution in [0.25, 0.3) is 0 Å². The first-order chi connectivity index (χ1) is 10.5. The van der Waals surface area contributed by atoms with Gasteiger partial charge in [0.15, 0.2) is 0 Å². The van der Waals surface area contributed by atoms with E-state index in [1.165, 1.54) is 18.0 Å². The Hall–Kier alpha value is -2.96. The van der Waals surface area contributed by atoms with Gasteiger partial charge in [-0.1, -0.05) is 24.3 Å². The quantitative estimate of drug-likeness (QED) is 0.454. The van der Waals surface area contributed by atoms with Crippen LogP contribution in [0.5, 0.6) is 0 Å². The number of likely N-dealkylation sites (N-methyl/N-ethyl adjacent to an activating group) is 1. The molecule has 1 aromatic rings. The third-order valence-electron chi connectivity index (χ3n) is 3.26. The van der Waals surface area contributed by atoms with Crippen LogP contribution in [0.2, 0.25) is 0 Å². The number of urea groups is 1. The van der Waals surface area contributed by atoms with Gasteiger partial charge in [0.25, 0.3) is 0 Å². The van der Waals surface area contributed by atoms with Crippen molar-refractivity contribution in [2.75, 3.05) is 25.0 Å². The van der Waals surface area contributed by atoms with Crippen molar-refractivity contribution in [1.82, 2.24) is 9.80 Å². The molecule has 0 spiro atoms. The molecular formula is C15H15N3O4. The number of carbonyl (C=O) groups is 4. The van der Waals surface area contributed by atoms with Crippen molar-refractivity contribution in [1.29, 1.82) is 0 Å². The molecule has 5 amide bonds. The number of nitrogens with zero attached hydrogens (tertiary/aromatic N) is 3. The fraction of sp³-hybridized carbons (Fsp3) is 0.200. The summed E-state index contributed by atoms with van der Waals surface area (Å²) in [4.78, 5) is 50.4. The van der Waals surface area contributed by atoms with E-state index >= 15 is 0 Å². The molecule has 0 unspecified atom stereocenters. The zero-order chi connectivity index (χ0) is 16.3. The average molecular weight is 301 g/mol. The van der Waals surface area contributed by atoms with Crippen molar-refractivity contribution < 1.29 is 19.2 Å². The van der Waals surface area contributed by atoms with Gasteiger partial charge in [-0.3, -0.25) is 19.3 Å². The Morgan fingerprint density at radius 1 is 1.14 bits per heavy atom. The van der Waals surface area contributed by atoms with E-state index in [1.54, 1.807) is 30.3 Å². The number of hydrogen-bond donors (Lipinski definition) is 0. The maximum Gasteiger partial charge on any atom is 0.335 e. The monoisotopic (exact) mass is 301 g/mol. The first-order valence-corrected chi connectivity index (χ1v) is 6.57. The van der Waals surface area contributed by atoms with Gasteiger partial charge in [-0.15, -0.1) is 6.58 Å². The molecule has 0 aliphatic carbocycles. The number of benzene rings is 1. The molecule has 0 radical (unpaired) electrons. The number of para-hydroxylation sites is 1. The van der Waals surface area contributed by atoms with Gasteiger partial charge in [0.2, 0.25) is 5.91 Å². The van der Waals surface area contributed by atoms with Crippen molar-refractivity contribution in [3.63, 3.8) is 0 Å². The first-order valence-electron chi connectivity index (χ1n) is 6.57. The summed E-state index contributed by atoms with van der Waals surface area (Å²) in [7, 11) is 1.53. The van der Waals surface area contributed by atoms with Gasteiger partial charge < -0.3 is 4.90 Å². The lowest BCUT2D eigenvalue weighted by Crippen LogP contribution is -2.42. The predicted octanol–water partition coefficient (Wildman–Crippen LogP) is 0.626. The van der Waals surface area contributed by atoms with Crippen LogP contribution in [0.4, 0.5) is 10.5 Å². The second kappa shape index (κ2) is 6.21. The molecule has 0 atom stereocenters. The van der Waals surface area contributed by atoms with Crippen molar-refractivity contribution >= 4 is 29.4 Å². The molecule has 0 N–H and O–H groups in total. The van der Waals surface area contributed by atoms with E-state index < -0.39 is 30.3 Å². The van der Waals surface area contributed by atoms with E-state index in [0.717, 1.165) is 4.90 Å². The zero-order valence-corrected chi connectivity index (χ0v) is 12.1. The summed E-state index contributed by atoms with van der Waals surface area (Å²) in [6.07, 6.45) is 1.34. The smallest absolute Gasteiger partial charge is 0.314 e. The van der Waals surface area contributed by atoms with Crippen LogP contribution in [-0.2, 0) is 14.4 Å². The Labute approximate surface area is 127 Å². The van der Waals surface area contributed by atoms with Crippen LogP contribution in [-0.4, -0.2) is 53.7 Å². The molecule has 22 heavy (non-hydrogen) atoms. The molecule has 1 aliphatic heterocycles. The second-order valence-electron chi connectivity index (χ2n) is 4.67. The van der Waals surface area contributed by atoms with Crippen LogP contribution in [0.3, 0.4) is 0 Å². The Balaban J connectivity index is 2.11. The second-order valence-corrected chi connectivity index (χ2v) is 4.67. The molecular weight excluding hydrogens is 286 g/mol. The van der Waals surface area contributed by atoms with Gasteiger partial charge in [-0.2, -0.15) is 0 Å². The molecule has 114 valence electrons. The Morgan fingerprint density at radius 2 is 1.73 bits per heavy atom. The van der Waals surface area contributed by atoms with E-state index in [2.05, 4.69) is 6.58 Å². The zero-order valence-electron chi connectivity index (χ0n) is 12.1. The van der Waals surface area contributed by atoms with E-state index in [-0.39, 0.29) is 6.54 Å². The molecule has 1 aromatic carbocycles. The fourth-order valence-electron chi connectivity index (χ4n) is 2.02. The van der Waals surface area contributed by atoms with E-state index in [9.17, 15) is 19.2 Å². The summed E-state index contributed by atoms with van der Waals surface area (Å²) < 4.78 is 0. The SMILES string of the molecule is C=CCN1C(=O)C(=O)N(CC(=O)N(C)c2ccccc2)C1=O. The van der Waals surface area contributed by atoms with Gasteiger partial charge in [0, 0.05) is 19.3 Å². The molecule has 0 bridgehead atoms. The Morgan fingerprint density at radius 3 is 2.32 bits per heavy atom. The number of hydrogen-bond acceptors (Lipinski definition) is 4. The average Bonchev–Trinajstić information content (AvgIpc) is 2.73. The standard InChI is InChI=1S/C15H15N3O4/c1-3-9-17-13(20)14(21)18(15(17)22)10-12(19)16(2)11-7-5-4-6-8-11/h3-8H,1,9-10H2,2H3. The van der Waals surface area contributed by atoms with Crippen LogP contribution in [0, 0.1) is 0 Å². The van der Waals surface area contributed by atoms with E-state index in [1.807, 2.05) is 0 Å². The van der Waals surface area contributed by atoms with Crippen molar-refractivity contribution in [2.45, 2.75) is 0 Å². The lowest BCUT2D eigenvalue weighted by Gasteiger charge is -2.20. The number of anilines is 1. The predicted molar refractivity (Wildman–Crippen MR) is 78.9 cm³/mol. The van der Waals surface area contributed by atoms with Gasteiger partial charge in [-0.05, 0) is 12.1 Å². The van der Waals surface area contributed by atoms with E-state index in [0.29, 0.717) is 10.6 Å². The normalized spacial score (nSPS) is 14.5. The minimum Gasteiger partial charge on any atom is -0.314 e. The lowest BCUT2D eigenvalue weighted by atomic mass is 10.3.